The number of para-hydroxylation sites is 2. The quantitative estimate of drug-likeness (QED) is 0.648. The lowest BCUT2D eigenvalue weighted by atomic mass is 10.1. The van der Waals surface area contributed by atoms with E-state index in [9.17, 15) is 8.42 Å². The highest BCUT2D eigenvalue weighted by Gasteiger charge is 2.23. The minimum atomic E-state index is -2.78. The molecule has 1 aliphatic rings. The maximum atomic E-state index is 10.5. The van der Waals surface area contributed by atoms with Gasteiger partial charge in [-0.3, -0.25) is 4.18 Å². The highest BCUT2D eigenvalue weighted by molar-refractivity contribution is 7.67. The van der Waals surface area contributed by atoms with Crippen LogP contribution in [0.15, 0.2) is 42.5 Å². The van der Waals surface area contributed by atoms with E-state index in [2.05, 4.69) is 34.2 Å². The van der Waals surface area contributed by atoms with E-state index in [1.807, 2.05) is 24.3 Å². The van der Waals surface area contributed by atoms with Crippen molar-refractivity contribution < 1.29 is 17.3 Å². The van der Waals surface area contributed by atoms with Crippen LogP contribution >= 0.6 is 0 Å². The summed E-state index contributed by atoms with van der Waals surface area (Å²) in [7, 11) is -2.78. The van der Waals surface area contributed by atoms with Gasteiger partial charge in [0, 0.05) is 6.54 Å². The molecule has 0 aliphatic carbocycles. The normalized spacial score (nSPS) is 12.7. The number of fused-ring (bicyclic) bond motifs is 2. The number of ether oxygens (including phenoxy) is 1. The average molecular weight is 333 g/mol. The van der Waals surface area contributed by atoms with Gasteiger partial charge in [-0.15, -0.1) is 0 Å². The molecule has 1 aliphatic heterocycles. The van der Waals surface area contributed by atoms with Gasteiger partial charge in [-0.1, -0.05) is 25.1 Å². The Labute approximate surface area is 137 Å². The minimum absolute atomic E-state index is 0.181. The summed E-state index contributed by atoms with van der Waals surface area (Å²) >= 11 is 0. The number of aryl methyl sites for hydroxylation is 1. The fourth-order valence-corrected chi connectivity index (χ4v) is 2.98. The Morgan fingerprint density at radius 1 is 1.09 bits per heavy atom. The van der Waals surface area contributed by atoms with Gasteiger partial charge in [-0.05, 0) is 42.7 Å². The van der Waals surface area contributed by atoms with Crippen molar-refractivity contribution in [2.24, 2.45) is 0 Å². The first-order chi connectivity index (χ1) is 11.2. The number of nitrogens with zero attached hydrogens (tertiary/aromatic N) is 1. The Hall–Kier alpha value is -2.05. The lowest BCUT2D eigenvalue weighted by Crippen LogP contribution is -2.23. The number of hydrogen-bond acceptors (Lipinski definition) is 5. The van der Waals surface area contributed by atoms with E-state index < -0.39 is 11.0 Å². The molecule has 3 rings (SSSR count). The second-order valence-electron chi connectivity index (χ2n) is 5.29. The molecular weight excluding hydrogens is 314 g/mol. The van der Waals surface area contributed by atoms with Gasteiger partial charge in [0.2, 0.25) is 0 Å². The first-order valence-electron chi connectivity index (χ1n) is 7.63. The lowest BCUT2D eigenvalue weighted by molar-refractivity contribution is 0.328. The molecular formula is C17H19NO4S. The van der Waals surface area contributed by atoms with Crippen LogP contribution in [0.4, 0.5) is 11.4 Å². The van der Waals surface area contributed by atoms with Crippen LogP contribution in [0.3, 0.4) is 0 Å². The van der Waals surface area contributed by atoms with E-state index in [0.29, 0.717) is 13.0 Å². The van der Waals surface area contributed by atoms with Crippen molar-refractivity contribution in [2.45, 2.75) is 19.8 Å². The predicted molar refractivity (Wildman–Crippen MR) is 90.2 cm³/mol. The largest absolute Gasteiger partial charge is 0.453 e. The molecule has 5 nitrogen and oxygen atoms in total. The standard InChI is InChI=1S/C17H19NO4S/c1-2-13-8-9-15-17(12-13)22-16-7-4-3-6-14(16)18(15)10-5-11-21-23(19)20/h3-4,6-9,12,23H,2,5,10-11H2,1H3. The van der Waals surface area contributed by atoms with E-state index in [4.69, 9.17) is 4.74 Å². The Morgan fingerprint density at radius 2 is 1.87 bits per heavy atom. The fraction of sp³-hybridized carbons (Fsp3) is 0.294. The van der Waals surface area contributed by atoms with Crippen molar-refractivity contribution in [3.63, 3.8) is 0 Å². The molecule has 0 amide bonds. The topological polar surface area (TPSA) is 55.8 Å². The van der Waals surface area contributed by atoms with Crippen molar-refractivity contribution in [1.29, 1.82) is 0 Å². The van der Waals surface area contributed by atoms with Crippen molar-refractivity contribution in [2.75, 3.05) is 18.1 Å². The average Bonchev–Trinajstić information content (AvgIpc) is 2.56. The molecule has 0 N–H and O–H groups in total. The Balaban J connectivity index is 1.88. The van der Waals surface area contributed by atoms with Crippen LogP contribution in [0.1, 0.15) is 18.9 Å². The summed E-state index contributed by atoms with van der Waals surface area (Å²) in [5.74, 6) is 1.64. The molecule has 1 heterocycles. The van der Waals surface area contributed by atoms with E-state index in [1.54, 1.807) is 0 Å². The highest BCUT2D eigenvalue weighted by Crippen LogP contribution is 2.46. The van der Waals surface area contributed by atoms with E-state index >= 15 is 0 Å². The first-order valence-corrected chi connectivity index (χ1v) is 8.73. The molecule has 0 bridgehead atoms. The van der Waals surface area contributed by atoms with E-state index in [-0.39, 0.29) is 6.61 Å². The molecule has 0 atom stereocenters. The van der Waals surface area contributed by atoms with Gasteiger partial charge >= 0.3 is 0 Å². The molecule has 0 saturated carbocycles. The molecule has 122 valence electrons. The van der Waals surface area contributed by atoms with Gasteiger partial charge < -0.3 is 9.64 Å². The monoisotopic (exact) mass is 333 g/mol. The maximum absolute atomic E-state index is 10.5. The Bertz CT molecular complexity index is 765. The van der Waals surface area contributed by atoms with E-state index in [0.717, 1.165) is 29.3 Å². The smallest absolute Gasteiger partial charge is 0.257 e. The molecule has 0 aromatic heterocycles. The molecule has 0 saturated heterocycles. The number of hydrogen-bond donors (Lipinski definition) is 1. The predicted octanol–water partition coefficient (Wildman–Crippen LogP) is 3.43. The third-order valence-corrected chi connectivity index (χ3v) is 4.22. The fourth-order valence-electron chi connectivity index (χ4n) is 2.70. The van der Waals surface area contributed by atoms with Crippen LogP contribution in [-0.2, 0) is 21.6 Å². The van der Waals surface area contributed by atoms with Gasteiger partial charge in [0.25, 0.3) is 11.0 Å². The van der Waals surface area contributed by atoms with Crippen LogP contribution in [0.25, 0.3) is 0 Å². The van der Waals surface area contributed by atoms with Crippen LogP contribution < -0.4 is 9.64 Å². The first kappa shape index (κ1) is 15.8. The number of anilines is 2. The molecule has 0 spiro atoms. The second-order valence-corrected chi connectivity index (χ2v) is 5.99. The van der Waals surface area contributed by atoms with Crippen LogP contribution in [0, 0.1) is 0 Å². The zero-order valence-electron chi connectivity index (χ0n) is 12.9. The molecule has 0 unspecified atom stereocenters. The molecule has 2 aromatic carbocycles. The van der Waals surface area contributed by atoms with Gasteiger partial charge in [0.05, 0.1) is 18.0 Å². The van der Waals surface area contributed by atoms with Crippen molar-refractivity contribution in [1.82, 2.24) is 0 Å². The van der Waals surface area contributed by atoms with Crippen LogP contribution in [0.5, 0.6) is 11.5 Å². The Morgan fingerprint density at radius 3 is 2.65 bits per heavy atom. The third kappa shape index (κ3) is 3.48. The van der Waals surface area contributed by atoms with Gasteiger partial charge in [0.15, 0.2) is 11.5 Å². The van der Waals surface area contributed by atoms with Gasteiger partial charge in [-0.25, -0.2) is 8.42 Å². The SMILES string of the molecule is CCc1ccc2c(c1)Oc1ccccc1N2CCCO[SH](=O)=O. The number of rotatable bonds is 6. The van der Waals surface area contributed by atoms with Crippen LogP contribution in [-0.4, -0.2) is 21.6 Å². The molecule has 6 heteroatoms. The summed E-state index contributed by atoms with van der Waals surface area (Å²) in [6, 6.07) is 14.1. The van der Waals surface area contributed by atoms with Gasteiger partial charge in [0.1, 0.15) is 0 Å². The highest BCUT2D eigenvalue weighted by atomic mass is 32.2. The summed E-state index contributed by atoms with van der Waals surface area (Å²) in [6.45, 7) is 2.94. The van der Waals surface area contributed by atoms with Crippen molar-refractivity contribution in [3.05, 3.63) is 48.0 Å². The summed E-state index contributed by atoms with van der Waals surface area (Å²) < 4.78 is 31.7. The zero-order chi connectivity index (χ0) is 16.2. The molecule has 2 aromatic rings. The second kappa shape index (κ2) is 7.02. The summed E-state index contributed by atoms with van der Waals surface area (Å²) in [6.07, 6.45) is 1.55. The number of thiol groups is 1. The van der Waals surface area contributed by atoms with Gasteiger partial charge in [-0.2, -0.15) is 0 Å². The third-order valence-electron chi connectivity index (χ3n) is 3.82. The molecule has 23 heavy (non-hydrogen) atoms. The van der Waals surface area contributed by atoms with Crippen LogP contribution in [0.2, 0.25) is 0 Å². The van der Waals surface area contributed by atoms with Crippen molar-refractivity contribution in [3.8, 4) is 11.5 Å². The Kier molecular flexibility index (Phi) is 4.83. The number of benzene rings is 2. The zero-order valence-corrected chi connectivity index (χ0v) is 13.8. The molecule has 0 radical (unpaired) electrons. The molecule has 0 fully saturated rings. The summed E-state index contributed by atoms with van der Waals surface area (Å²) in [4.78, 5) is 2.15. The van der Waals surface area contributed by atoms with E-state index in [1.165, 1.54) is 5.56 Å². The minimum Gasteiger partial charge on any atom is -0.453 e. The lowest BCUT2D eigenvalue weighted by Gasteiger charge is -2.33. The maximum Gasteiger partial charge on any atom is 0.257 e. The summed E-state index contributed by atoms with van der Waals surface area (Å²) in [5, 5.41) is 0. The summed E-state index contributed by atoms with van der Waals surface area (Å²) in [5.41, 5.74) is 3.19. The van der Waals surface area contributed by atoms with Crippen molar-refractivity contribution >= 4 is 22.4 Å².